The normalized spacial score (nSPS) is 14.6. The van der Waals surface area contributed by atoms with E-state index < -0.39 is 0 Å². The van der Waals surface area contributed by atoms with Crippen molar-refractivity contribution in [1.29, 1.82) is 0 Å². The molecule has 0 N–H and O–H groups in total. The molecule has 0 aromatic heterocycles. The van der Waals surface area contributed by atoms with Crippen LogP contribution in [-0.4, -0.2) is 36.5 Å². The van der Waals surface area contributed by atoms with Crippen LogP contribution in [0.25, 0.3) is 0 Å². The highest BCUT2D eigenvalue weighted by Crippen LogP contribution is 2.10. The first kappa shape index (κ1) is 25.3. The van der Waals surface area contributed by atoms with Gasteiger partial charge in [-0.2, -0.15) is 0 Å². The molecule has 0 saturated heterocycles. The van der Waals surface area contributed by atoms with Crippen LogP contribution in [-0.2, 0) is 14.2 Å². The van der Waals surface area contributed by atoms with Crippen molar-refractivity contribution in [3.05, 3.63) is 24.3 Å². The highest BCUT2D eigenvalue weighted by Gasteiger charge is 2.07. The van der Waals surface area contributed by atoms with E-state index in [1.165, 1.54) is 0 Å². The molecule has 0 amide bonds. The number of ether oxygens (including phenoxy) is 3. The maximum atomic E-state index is 5.78. The molecule has 0 aromatic rings. The lowest BCUT2D eigenvalue weighted by Gasteiger charge is -2.18. The molecule has 2 atom stereocenters. The van der Waals surface area contributed by atoms with Crippen LogP contribution in [0, 0.1) is 0 Å². The quantitative estimate of drug-likeness (QED) is 0.0933. The van der Waals surface area contributed by atoms with E-state index in [0.717, 1.165) is 62.0 Å². The van der Waals surface area contributed by atoms with Gasteiger partial charge < -0.3 is 14.2 Å². The van der Waals surface area contributed by atoms with Crippen LogP contribution < -0.4 is 0 Å². The topological polar surface area (TPSA) is 27.7 Å². The molecule has 0 spiro atoms. The highest BCUT2D eigenvalue weighted by atomic mass is 79.9. The van der Waals surface area contributed by atoms with Gasteiger partial charge in [-0.3, -0.25) is 0 Å². The summed E-state index contributed by atoms with van der Waals surface area (Å²) in [6, 6.07) is 0. The molecule has 0 radical (unpaired) electrons. The van der Waals surface area contributed by atoms with Gasteiger partial charge in [-0.05, 0) is 51.4 Å². The second kappa shape index (κ2) is 20.6. The predicted molar refractivity (Wildman–Crippen MR) is 115 cm³/mol. The first-order valence-electron chi connectivity index (χ1n) is 9.51. The Kier molecular flexibility index (Phi) is 20.9. The first-order valence-corrected chi connectivity index (χ1v) is 11.8. The molecule has 0 bridgehead atoms. The summed E-state index contributed by atoms with van der Waals surface area (Å²) in [4.78, 5) is 0. The van der Waals surface area contributed by atoms with Gasteiger partial charge in [-0.1, -0.05) is 70.0 Å². The molecule has 0 aliphatic heterocycles. The number of halogens is 2. The van der Waals surface area contributed by atoms with Gasteiger partial charge in [0, 0.05) is 10.7 Å². The average molecular weight is 484 g/mol. The molecule has 0 aromatic carbocycles. The van der Waals surface area contributed by atoms with Crippen LogP contribution >= 0.6 is 31.9 Å². The molecular weight excluding hydrogens is 448 g/mol. The van der Waals surface area contributed by atoms with E-state index in [-0.39, 0.29) is 12.2 Å². The molecule has 0 saturated carbocycles. The lowest BCUT2D eigenvalue weighted by molar-refractivity contribution is -0.166. The maximum absolute atomic E-state index is 5.78. The van der Waals surface area contributed by atoms with E-state index in [0.29, 0.717) is 13.6 Å². The van der Waals surface area contributed by atoms with Crippen LogP contribution in [0.5, 0.6) is 0 Å². The van der Waals surface area contributed by atoms with E-state index in [4.69, 9.17) is 14.2 Å². The average Bonchev–Trinajstić information content (AvgIpc) is 2.64. The third kappa shape index (κ3) is 17.5. The fourth-order valence-corrected chi connectivity index (χ4v) is 2.82. The van der Waals surface area contributed by atoms with E-state index >= 15 is 0 Å². The fraction of sp³-hybridized carbons (Fsp3) is 0.800. The molecule has 0 heterocycles. The Labute approximate surface area is 171 Å². The molecule has 0 aliphatic carbocycles. The van der Waals surface area contributed by atoms with Crippen molar-refractivity contribution in [2.45, 2.75) is 77.4 Å². The number of hydrogen-bond acceptors (Lipinski definition) is 3. The van der Waals surface area contributed by atoms with Crippen LogP contribution in [0.15, 0.2) is 24.3 Å². The molecule has 0 aliphatic rings. The summed E-state index contributed by atoms with van der Waals surface area (Å²) in [7, 11) is 0. The number of alkyl halides is 2. The lowest BCUT2D eigenvalue weighted by atomic mass is 10.1. The summed E-state index contributed by atoms with van der Waals surface area (Å²) in [5.74, 6) is 0. The van der Waals surface area contributed by atoms with Crippen molar-refractivity contribution in [2.24, 2.45) is 0 Å². The van der Waals surface area contributed by atoms with Crippen LogP contribution in [0.2, 0.25) is 0 Å². The largest absolute Gasteiger partial charge is 0.352 e. The molecule has 148 valence electrons. The van der Waals surface area contributed by atoms with Gasteiger partial charge in [-0.15, -0.1) is 0 Å². The van der Waals surface area contributed by atoms with Crippen LogP contribution in [0.3, 0.4) is 0 Å². The summed E-state index contributed by atoms with van der Waals surface area (Å²) in [6.45, 7) is 4.93. The third-order valence-corrected chi connectivity index (χ3v) is 4.80. The van der Waals surface area contributed by atoms with Gasteiger partial charge in [0.15, 0.2) is 0 Å². The summed E-state index contributed by atoms with van der Waals surface area (Å²) in [6.07, 6.45) is 17.8. The Morgan fingerprint density at radius 1 is 0.680 bits per heavy atom. The summed E-state index contributed by atoms with van der Waals surface area (Å²) >= 11 is 6.84. The highest BCUT2D eigenvalue weighted by molar-refractivity contribution is 9.09. The Bertz CT molecular complexity index is 292. The van der Waals surface area contributed by atoms with Gasteiger partial charge in [0.25, 0.3) is 0 Å². The van der Waals surface area contributed by atoms with E-state index in [1.807, 2.05) is 0 Å². The Hall–Kier alpha value is 0.320. The van der Waals surface area contributed by atoms with Crippen LogP contribution in [0.4, 0.5) is 0 Å². The SMILES string of the molecule is CCC(CC/C=C\CCBr)OCOCOC(CC)CC/C=C\CCBr. The number of allylic oxidation sites excluding steroid dienone is 4. The van der Waals surface area contributed by atoms with Gasteiger partial charge >= 0.3 is 0 Å². The molecular formula is C20H36Br2O3. The fourth-order valence-electron chi connectivity index (χ4n) is 2.29. The van der Waals surface area contributed by atoms with E-state index in [9.17, 15) is 0 Å². The van der Waals surface area contributed by atoms with E-state index in [2.05, 4.69) is 70.0 Å². The van der Waals surface area contributed by atoms with Gasteiger partial charge in [-0.25, -0.2) is 0 Å². The van der Waals surface area contributed by atoms with Crippen molar-refractivity contribution < 1.29 is 14.2 Å². The van der Waals surface area contributed by atoms with Crippen molar-refractivity contribution in [2.75, 3.05) is 24.2 Å². The monoisotopic (exact) mass is 482 g/mol. The molecule has 3 nitrogen and oxygen atoms in total. The van der Waals surface area contributed by atoms with Crippen molar-refractivity contribution in [3.63, 3.8) is 0 Å². The molecule has 0 fully saturated rings. The zero-order chi connectivity index (χ0) is 18.6. The minimum absolute atomic E-state index is 0.259. The second-order valence-electron chi connectivity index (χ2n) is 5.89. The van der Waals surface area contributed by atoms with Gasteiger partial charge in [0.2, 0.25) is 0 Å². The number of hydrogen-bond donors (Lipinski definition) is 0. The summed E-state index contributed by atoms with van der Waals surface area (Å²) in [5, 5.41) is 2.05. The lowest BCUT2D eigenvalue weighted by Crippen LogP contribution is -2.18. The second-order valence-corrected chi connectivity index (χ2v) is 7.47. The molecule has 0 rings (SSSR count). The standard InChI is InChI=1S/C20H36Br2O3/c1-3-19(13-9-5-7-11-15-21)24-17-23-18-25-20(4-2)14-10-6-8-12-16-22/h5-8,19-20H,3-4,9-18H2,1-2H3/b7-5-,8-6-. The zero-order valence-corrected chi connectivity index (χ0v) is 19.1. The minimum atomic E-state index is 0.259. The Morgan fingerprint density at radius 3 is 1.44 bits per heavy atom. The summed E-state index contributed by atoms with van der Waals surface area (Å²) < 4.78 is 17.1. The molecule has 2 unspecified atom stereocenters. The van der Waals surface area contributed by atoms with Crippen LogP contribution in [0.1, 0.15) is 65.2 Å². The minimum Gasteiger partial charge on any atom is -0.352 e. The summed E-state index contributed by atoms with van der Waals surface area (Å²) in [5.41, 5.74) is 0. The van der Waals surface area contributed by atoms with Crippen molar-refractivity contribution in [1.82, 2.24) is 0 Å². The number of rotatable bonds is 18. The van der Waals surface area contributed by atoms with Gasteiger partial charge in [0.1, 0.15) is 13.6 Å². The predicted octanol–water partition coefficient (Wildman–Crippen LogP) is 6.75. The first-order chi connectivity index (χ1) is 12.3. The Morgan fingerprint density at radius 2 is 1.08 bits per heavy atom. The van der Waals surface area contributed by atoms with E-state index in [1.54, 1.807) is 0 Å². The molecule has 25 heavy (non-hydrogen) atoms. The smallest absolute Gasteiger partial charge is 0.149 e. The zero-order valence-electron chi connectivity index (χ0n) is 15.9. The van der Waals surface area contributed by atoms with Crippen molar-refractivity contribution in [3.8, 4) is 0 Å². The van der Waals surface area contributed by atoms with Crippen molar-refractivity contribution >= 4 is 31.9 Å². The van der Waals surface area contributed by atoms with Gasteiger partial charge in [0.05, 0.1) is 12.2 Å². The third-order valence-electron chi connectivity index (χ3n) is 3.88. The Balaban J connectivity index is 3.68. The molecule has 5 heteroatoms. The maximum Gasteiger partial charge on any atom is 0.149 e.